The monoisotopic (exact) mass is 287 g/mol. The Morgan fingerprint density at radius 2 is 2.11 bits per heavy atom. The van der Waals surface area contributed by atoms with Crippen LogP contribution in [0.15, 0.2) is 0 Å². The van der Waals surface area contributed by atoms with E-state index in [-0.39, 0.29) is 12.1 Å². The molecule has 2 heterocycles. The van der Waals surface area contributed by atoms with E-state index in [0.29, 0.717) is 11.6 Å². The van der Waals surface area contributed by atoms with E-state index in [1.807, 2.05) is 6.92 Å². The first-order valence-electron chi connectivity index (χ1n) is 6.68. The Morgan fingerprint density at radius 1 is 1.42 bits per heavy atom. The summed E-state index contributed by atoms with van der Waals surface area (Å²) >= 11 is 1.48. The quantitative estimate of drug-likeness (QED) is 0.794. The average Bonchev–Trinajstić information content (AvgIpc) is 2.97. The van der Waals surface area contributed by atoms with E-state index >= 15 is 0 Å². The van der Waals surface area contributed by atoms with Crippen LogP contribution in [0.25, 0.3) is 0 Å². The zero-order valence-corrected chi connectivity index (χ0v) is 12.0. The zero-order valence-electron chi connectivity index (χ0n) is 11.2. The number of thioether (sulfide) groups is 1. The van der Waals surface area contributed by atoms with Crippen LogP contribution in [0.2, 0.25) is 0 Å². The summed E-state index contributed by atoms with van der Waals surface area (Å²) in [6, 6.07) is -0.904. The van der Waals surface area contributed by atoms with Gasteiger partial charge in [0, 0.05) is 18.3 Å². The Hall–Kier alpha value is -0.950. The molecule has 7 heteroatoms. The number of urea groups is 1. The summed E-state index contributed by atoms with van der Waals surface area (Å²) in [7, 11) is 0. The Kier molecular flexibility index (Phi) is 4.93. The van der Waals surface area contributed by atoms with Gasteiger partial charge in [-0.1, -0.05) is 0 Å². The fourth-order valence-corrected chi connectivity index (χ4v) is 3.68. The minimum absolute atomic E-state index is 0.0469. The minimum atomic E-state index is -0.924. The molecule has 2 atom stereocenters. The molecule has 0 aromatic rings. The van der Waals surface area contributed by atoms with Crippen molar-refractivity contribution in [3.05, 3.63) is 0 Å². The van der Waals surface area contributed by atoms with E-state index in [4.69, 9.17) is 5.11 Å². The molecule has 108 valence electrons. The lowest BCUT2D eigenvalue weighted by molar-refractivity contribution is -0.140. The van der Waals surface area contributed by atoms with Crippen LogP contribution in [-0.2, 0) is 4.79 Å². The van der Waals surface area contributed by atoms with E-state index in [1.54, 1.807) is 0 Å². The van der Waals surface area contributed by atoms with Crippen molar-refractivity contribution in [1.82, 2.24) is 15.1 Å². The predicted molar refractivity (Wildman–Crippen MR) is 74.3 cm³/mol. The highest BCUT2D eigenvalue weighted by Gasteiger charge is 2.35. The van der Waals surface area contributed by atoms with Gasteiger partial charge in [-0.25, -0.2) is 9.59 Å². The van der Waals surface area contributed by atoms with Gasteiger partial charge in [-0.2, -0.15) is 0 Å². The first kappa shape index (κ1) is 14.5. The van der Waals surface area contributed by atoms with Crippen molar-refractivity contribution in [3.8, 4) is 0 Å². The third-order valence-electron chi connectivity index (χ3n) is 3.53. The van der Waals surface area contributed by atoms with Crippen LogP contribution in [0, 0.1) is 0 Å². The molecule has 0 aliphatic carbocycles. The number of carboxylic acids is 1. The Balaban J connectivity index is 1.80. The number of rotatable bonds is 4. The van der Waals surface area contributed by atoms with Crippen molar-refractivity contribution in [1.29, 1.82) is 0 Å². The molecule has 0 aromatic carbocycles. The molecule has 0 bridgehead atoms. The predicted octanol–water partition coefficient (Wildman–Crippen LogP) is 0.640. The molecule has 0 spiro atoms. The van der Waals surface area contributed by atoms with Crippen LogP contribution < -0.4 is 5.32 Å². The molecule has 2 saturated heterocycles. The lowest BCUT2D eigenvalue weighted by Crippen LogP contribution is -2.51. The van der Waals surface area contributed by atoms with E-state index in [2.05, 4.69) is 10.2 Å². The molecule has 2 aliphatic rings. The summed E-state index contributed by atoms with van der Waals surface area (Å²) in [5.41, 5.74) is 0. The van der Waals surface area contributed by atoms with Crippen molar-refractivity contribution < 1.29 is 14.7 Å². The first-order chi connectivity index (χ1) is 9.08. The fourth-order valence-electron chi connectivity index (χ4n) is 2.54. The Bertz CT molecular complexity index is 347. The van der Waals surface area contributed by atoms with Crippen molar-refractivity contribution in [3.63, 3.8) is 0 Å². The van der Waals surface area contributed by atoms with Crippen LogP contribution >= 0.6 is 11.8 Å². The Morgan fingerprint density at radius 3 is 2.74 bits per heavy atom. The second-order valence-corrected chi connectivity index (χ2v) is 6.18. The van der Waals surface area contributed by atoms with Gasteiger partial charge < -0.3 is 20.2 Å². The molecule has 0 radical (unpaired) electrons. The fraction of sp³-hybridized carbons (Fsp3) is 0.833. The lowest BCUT2D eigenvalue weighted by Gasteiger charge is -2.26. The smallest absolute Gasteiger partial charge is 0.327 e. The van der Waals surface area contributed by atoms with Crippen LogP contribution in [-0.4, -0.2) is 70.3 Å². The normalized spacial score (nSPS) is 25.5. The maximum Gasteiger partial charge on any atom is 0.327 e. The number of hydrogen-bond acceptors (Lipinski definition) is 4. The molecule has 2 amide bonds. The van der Waals surface area contributed by atoms with Gasteiger partial charge in [0.25, 0.3) is 0 Å². The van der Waals surface area contributed by atoms with E-state index in [9.17, 15) is 9.59 Å². The molecule has 0 aromatic heterocycles. The molecule has 19 heavy (non-hydrogen) atoms. The molecule has 2 N–H and O–H groups in total. The summed E-state index contributed by atoms with van der Waals surface area (Å²) in [5.74, 6) is 0.00928. The highest BCUT2D eigenvalue weighted by molar-refractivity contribution is 7.99. The molecular weight excluding hydrogens is 266 g/mol. The third kappa shape index (κ3) is 3.76. The van der Waals surface area contributed by atoms with Crippen molar-refractivity contribution in [2.24, 2.45) is 0 Å². The molecule has 2 rings (SSSR count). The molecule has 0 saturated carbocycles. The summed E-state index contributed by atoms with van der Waals surface area (Å²) in [4.78, 5) is 26.8. The van der Waals surface area contributed by atoms with Gasteiger partial charge in [0.15, 0.2) is 0 Å². The number of carbonyl (C=O) groups excluding carboxylic acids is 1. The van der Waals surface area contributed by atoms with Gasteiger partial charge in [-0.15, -0.1) is 11.8 Å². The molecular formula is C12H21N3O3S. The van der Waals surface area contributed by atoms with Crippen LogP contribution in [0.1, 0.15) is 19.8 Å². The maximum atomic E-state index is 12.1. The maximum absolute atomic E-state index is 12.1. The number of nitrogens with zero attached hydrogens (tertiary/aromatic N) is 2. The number of carbonyl (C=O) groups is 2. The van der Waals surface area contributed by atoms with Gasteiger partial charge in [0.2, 0.25) is 0 Å². The van der Waals surface area contributed by atoms with Crippen LogP contribution in [0.5, 0.6) is 0 Å². The highest BCUT2D eigenvalue weighted by Crippen LogP contribution is 2.21. The van der Waals surface area contributed by atoms with E-state index in [0.717, 1.165) is 19.6 Å². The van der Waals surface area contributed by atoms with Gasteiger partial charge >= 0.3 is 12.0 Å². The van der Waals surface area contributed by atoms with E-state index in [1.165, 1.54) is 29.5 Å². The molecule has 2 aliphatic heterocycles. The summed E-state index contributed by atoms with van der Waals surface area (Å²) in [5, 5.41) is 12.0. The summed E-state index contributed by atoms with van der Waals surface area (Å²) < 4.78 is 0. The standard InChI is InChI=1S/C12H21N3O3S/c1-9(6-14-4-2-3-5-14)13-12(18)15-8-19-7-10(15)11(16)17/h9-10H,2-8H2,1H3,(H,13,18)(H,16,17). The van der Waals surface area contributed by atoms with Crippen molar-refractivity contribution in [2.75, 3.05) is 31.3 Å². The topological polar surface area (TPSA) is 72.9 Å². The van der Waals surface area contributed by atoms with E-state index < -0.39 is 12.0 Å². The number of hydrogen-bond donors (Lipinski definition) is 2. The highest BCUT2D eigenvalue weighted by atomic mass is 32.2. The van der Waals surface area contributed by atoms with Crippen molar-refractivity contribution >= 4 is 23.8 Å². The number of nitrogens with one attached hydrogen (secondary N) is 1. The average molecular weight is 287 g/mol. The van der Waals surface area contributed by atoms with Crippen molar-refractivity contribution in [2.45, 2.75) is 31.8 Å². The first-order valence-corrected chi connectivity index (χ1v) is 7.83. The Labute approximate surface area is 117 Å². The number of aliphatic carboxylic acids is 1. The summed E-state index contributed by atoms with van der Waals surface area (Å²) in [6.45, 7) is 4.99. The minimum Gasteiger partial charge on any atom is -0.480 e. The van der Waals surface area contributed by atoms with Gasteiger partial charge in [0.1, 0.15) is 6.04 Å². The second-order valence-electron chi connectivity index (χ2n) is 5.18. The zero-order chi connectivity index (χ0) is 13.8. The summed E-state index contributed by atoms with van der Waals surface area (Å²) in [6.07, 6.45) is 2.45. The molecule has 6 nitrogen and oxygen atoms in total. The third-order valence-corrected chi connectivity index (χ3v) is 4.54. The lowest BCUT2D eigenvalue weighted by atomic mass is 10.3. The molecule has 2 unspecified atom stereocenters. The van der Waals surface area contributed by atoms with Gasteiger partial charge in [-0.3, -0.25) is 0 Å². The number of carboxylic acid groups (broad SMARTS) is 1. The molecule has 2 fully saturated rings. The van der Waals surface area contributed by atoms with Crippen LogP contribution in [0.3, 0.4) is 0 Å². The SMILES string of the molecule is CC(CN1CCCC1)NC(=O)N1CSCC1C(=O)O. The van der Waals surface area contributed by atoms with Gasteiger partial charge in [0.05, 0.1) is 5.88 Å². The number of likely N-dealkylation sites (tertiary alicyclic amines) is 1. The second kappa shape index (κ2) is 6.47. The largest absolute Gasteiger partial charge is 0.480 e. The number of amides is 2. The van der Waals surface area contributed by atoms with Gasteiger partial charge in [-0.05, 0) is 32.9 Å². The van der Waals surface area contributed by atoms with Crippen LogP contribution in [0.4, 0.5) is 4.79 Å².